The summed E-state index contributed by atoms with van der Waals surface area (Å²) < 4.78 is 28.4. The highest BCUT2D eigenvalue weighted by atomic mass is 19.1. The van der Waals surface area contributed by atoms with Crippen LogP contribution >= 0.6 is 0 Å². The number of likely N-dealkylation sites (tertiary alicyclic amines) is 1. The Labute approximate surface area is 205 Å². The molecule has 0 radical (unpaired) electrons. The summed E-state index contributed by atoms with van der Waals surface area (Å²) in [5, 5.41) is 8.22. The number of carbonyl (C=O) groups excluding carboxylic acids is 2. The van der Waals surface area contributed by atoms with E-state index in [1.165, 1.54) is 24.3 Å². The lowest BCUT2D eigenvalue weighted by Gasteiger charge is -2.24. The molecule has 1 aliphatic heterocycles. The first-order chi connectivity index (χ1) is 17.3. The maximum Gasteiger partial charge on any atom is 0.230 e. The fraction of sp³-hybridized carbons (Fsp3) is 0.259. The summed E-state index contributed by atoms with van der Waals surface area (Å²) in [5.74, 6) is -1.10. The second kappa shape index (κ2) is 7.94. The molecule has 182 valence electrons. The van der Waals surface area contributed by atoms with Crippen molar-refractivity contribution >= 4 is 28.5 Å². The fourth-order valence-electron chi connectivity index (χ4n) is 5.85. The van der Waals surface area contributed by atoms with Crippen LogP contribution in [0.4, 0.5) is 14.6 Å². The van der Waals surface area contributed by atoms with E-state index in [0.717, 1.165) is 33.9 Å². The number of hydrogen-bond acceptors (Lipinski definition) is 4. The highest BCUT2D eigenvalue weighted by Crippen LogP contribution is 2.65. The van der Waals surface area contributed by atoms with Crippen LogP contribution in [0.15, 0.2) is 60.9 Å². The first-order valence-electron chi connectivity index (χ1n) is 11.7. The minimum atomic E-state index is -0.522. The predicted molar refractivity (Wildman–Crippen MR) is 130 cm³/mol. The molecule has 9 heteroatoms. The normalized spacial score (nSPS) is 22.5. The minimum absolute atomic E-state index is 0.0243. The topological polar surface area (TPSA) is 80.1 Å². The number of nitrogens with zero attached hydrogens (tertiary/aromatic N) is 4. The monoisotopic (exact) mass is 487 g/mol. The molecule has 3 atom stereocenters. The molecule has 2 fully saturated rings. The number of piperidine rings is 1. The molecule has 36 heavy (non-hydrogen) atoms. The molecular formula is C27H23F2N5O2. The zero-order chi connectivity index (χ0) is 25.2. The summed E-state index contributed by atoms with van der Waals surface area (Å²) in [5.41, 5.74) is 3.08. The van der Waals surface area contributed by atoms with Gasteiger partial charge in [-0.15, -0.1) is 0 Å². The van der Waals surface area contributed by atoms with E-state index >= 15 is 0 Å². The van der Waals surface area contributed by atoms with Crippen LogP contribution in [0.1, 0.15) is 18.1 Å². The van der Waals surface area contributed by atoms with E-state index in [-0.39, 0.29) is 35.3 Å². The average molecular weight is 488 g/mol. The van der Waals surface area contributed by atoms with Crippen molar-refractivity contribution in [2.45, 2.75) is 19.3 Å². The first-order valence-corrected chi connectivity index (χ1v) is 11.7. The van der Waals surface area contributed by atoms with Crippen molar-refractivity contribution < 1.29 is 18.4 Å². The summed E-state index contributed by atoms with van der Waals surface area (Å²) in [7, 11) is 0. The predicted octanol–water partition coefficient (Wildman–Crippen LogP) is 3.99. The number of rotatable bonds is 4. The Morgan fingerprint density at radius 3 is 2.50 bits per heavy atom. The molecule has 1 saturated heterocycles. The van der Waals surface area contributed by atoms with E-state index in [9.17, 15) is 18.4 Å². The largest absolute Gasteiger partial charge is 0.342 e. The molecule has 3 heterocycles. The number of anilines is 1. The summed E-state index contributed by atoms with van der Waals surface area (Å²) >= 11 is 0. The van der Waals surface area contributed by atoms with Gasteiger partial charge in [-0.05, 0) is 66.6 Å². The molecule has 1 N–H and O–H groups in total. The SMILES string of the molecule is CC(=O)N1C[C@@H]2C(C(=O)Nc3ccc(F)cn3)C2(c2cc3cnn(-c4ccc(F)cc4)c3cc2C)C1. The van der Waals surface area contributed by atoms with Crippen molar-refractivity contribution in [1.29, 1.82) is 0 Å². The summed E-state index contributed by atoms with van der Waals surface area (Å²) in [6, 6.07) is 12.9. The molecule has 0 bridgehead atoms. The summed E-state index contributed by atoms with van der Waals surface area (Å²) in [4.78, 5) is 31.3. The quantitative estimate of drug-likeness (QED) is 0.472. The maximum absolute atomic E-state index is 13.4. The Morgan fingerprint density at radius 2 is 1.81 bits per heavy atom. The van der Waals surface area contributed by atoms with Gasteiger partial charge in [0.05, 0.1) is 29.5 Å². The van der Waals surface area contributed by atoms with Gasteiger partial charge in [-0.1, -0.05) is 0 Å². The van der Waals surface area contributed by atoms with Gasteiger partial charge in [0, 0.05) is 36.7 Å². The Hall–Kier alpha value is -4.14. The van der Waals surface area contributed by atoms with E-state index in [2.05, 4.69) is 21.5 Å². The Morgan fingerprint density at radius 1 is 1.06 bits per heavy atom. The molecule has 6 rings (SSSR count). The van der Waals surface area contributed by atoms with Gasteiger partial charge in [0.2, 0.25) is 11.8 Å². The van der Waals surface area contributed by atoms with Crippen molar-refractivity contribution in [3.05, 3.63) is 83.7 Å². The van der Waals surface area contributed by atoms with Crippen LogP contribution in [0, 0.1) is 30.4 Å². The Balaban J connectivity index is 1.38. The number of nitrogens with one attached hydrogen (secondary N) is 1. The van der Waals surface area contributed by atoms with Crippen LogP contribution in [-0.2, 0) is 15.0 Å². The summed E-state index contributed by atoms with van der Waals surface area (Å²) in [6.07, 6.45) is 2.82. The zero-order valence-corrected chi connectivity index (χ0v) is 19.7. The second-order valence-electron chi connectivity index (χ2n) is 9.63. The van der Waals surface area contributed by atoms with E-state index in [1.54, 1.807) is 34.8 Å². The molecule has 1 aliphatic carbocycles. The van der Waals surface area contributed by atoms with Gasteiger partial charge in [-0.25, -0.2) is 18.4 Å². The van der Waals surface area contributed by atoms with Gasteiger partial charge >= 0.3 is 0 Å². The van der Waals surface area contributed by atoms with Crippen molar-refractivity contribution in [3.63, 3.8) is 0 Å². The lowest BCUT2D eigenvalue weighted by atomic mass is 9.88. The number of amides is 2. The van der Waals surface area contributed by atoms with E-state index in [4.69, 9.17) is 0 Å². The molecule has 2 aromatic heterocycles. The second-order valence-corrected chi connectivity index (χ2v) is 9.63. The number of halogens is 2. The van der Waals surface area contributed by atoms with Crippen molar-refractivity contribution in [3.8, 4) is 5.69 Å². The van der Waals surface area contributed by atoms with Crippen LogP contribution in [-0.4, -0.2) is 44.6 Å². The molecule has 2 unspecified atom stereocenters. The van der Waals surface area contributed by atoms with Gasteiger partial charge in [0.15, 0.2) is 0 Å². The van der Waals surface area contributed by atoms with Crippen LogP contribution in [0.5, 0.6) is 0 Å². The summed E-state index contributed by atoms with van der Waals surface area (Å²) in [6.45, 7) is 4.48. The van der Waals surface area contributed by atoms with E-state index in [1.807, 2.05) is 13.0 Å². The number of pyridine rings is 1. The number of fused-ring (bicyclic) bond motifs is 2. The minimum Gasteiger partial charge on any atom is -0.342 e. The molecule has 2 aromatic carbocycles. The lowest BCUT2D eigenvalue weighted by molar-refractivity contribution is -0.129. The van der Waals surface area contributed by atoms with Crippen molar-refractivity contribution in [2.24, 2.45) is 11.8 Å². The number of aryl methyl sites for hydroxylation is 1. The van der Waals surface area contributed by atoms with Crippen molar-refractivity contribution in [1.82, 2.24) is 19.7 Å². The smallest absolute Gasteiger partial charge is 0.230 e. The van der Waals surface area contributed by atoms with Crippen LogP contribution in [0.3, 0.4) is 0 Å². The molecule has 2 amide bonds. The highest BCUT2D eigenvalue weighted by molar-refractivity contribution is 5.97. The van der Waals surface area contributed by atoms with Crippen molar-refractivity contribution in [2.75, 3.05) is 18.4 Å². The molecule has 2 aliphatic rings. The fourth-order valence-corrected chi connectivity index (χ4v) is 5.85. The number of benzene rings is 2. The van der Waals surface area contributed by atoms with Gasteiger partial charge in [0.1, 0.15) is 17.5 Å². The third-order valence-electron chi connectivity index (χ3n) is 7.57. The van der Waals surface area contributed by atoms with Gasteiger partial charge in [0.25, 0.3) is 0 Å². The molecule has 0 spiro atoms. The molecule has 7 nitrogen and oxygen atoms in total. The molecule has 1 saturated carbocycles. The van der Waals surface area contributed by atoms with Gasteiger partial charge in [-0.2, -0.15) is 5.10 Å². The lowest BCUT2D eigenvalue weighted by Crippen LogP contribution is -2.36. The van der Waals surface area contributed by atoms with Crippen LogP contribution < -0.4 is 5.32 Å². The van der Waals surface area contributed by atoms with Crippen LogP contribution in [0.2, 0.25) is 0 Å². The van der Waals surface area contributed by atoms with E-state index in [0.29, 0.717) is 13.1 Å². The first kappa shape index (κ1) is 22.3. The van der Waals surface area contributed by atoms with Gasteiger partial charge < -0.3 is 10.2 Å². The highest BCUT2D eigenvalue weighted by Gasteiger charge is 2.73. The van der Waals surface area contributed by atoms with Crippen LogP contribution in [0.25, 0.3) is 16.6 Å². The standard InChI is InChI=1S/C27H23F2N5O2/c1-15-9-23-17(11-31-34(23)20-6-3-18(28)4-7-20)10-21(15)27-14-33(16(2)35)13-22(27)25(27)26(36)32-24-8-5-19(29)12-30-24/h3-12,22,25H,13-14H2,1-2H3,(H,30,32,36)/t22-,25?,27?/m1/s1. The van der Waals surface area contributed by atoms with E-state index < -0.39 is 11.2 Å². The maximum atomic E-state index is 13.4. The average Bonchev–Trinajstić information content (AvgIpc) is 3.12. The third-order valence-corrected chi connectivity index (χ3v) is 7.57. The number of carbonyl (C=O) groups is 2. The number of aromatic nitrogens is 3. The molecular weight excluding hydrogens is 464 g/mol. The Bertz CT molecular complexity index is 1520. The Kier molecular flexibility index (Phi) is 4.93. The number of hydrogen-bond donors (Lipinski definition) is 1. The van der Waals surface area contributed by atoms with Gasteiger partial charge in [-0.3, -0.25) is 9.59 Å². The molecule has 4 aromatic rings. The zero-order valence-electron chi connectivity index (χ0n) is 19.7. The third kappa shape index (κ3) is 3.37.